The Labute approximate surface area is 78.7 Å². The summed E-state index contributed by atoms with van der Waals surface area (Å²) in [4.78, 5) is 0. The van der Waals surface area contributed by atoms with E-state index >= 15 is 0 Å². The van der Waals surface area contributed by atoms with Gasteiger partial charge in [-0.15, -0.1) is 0 Å². The van der Waals surface area contributed by atoms with Gasteiger partial charge in [0.05, 0.1) is 0 Å². The summed E-state index contributed by atoms with van der Waals surface area (Å²) in [6, 6.07) is 0. The van der Waals surface area contributed by atoms with Gasteiger partial charge < -0.3 is 0 Å². The van der Waals surface area contributed by atoms with E-state index in [4.69, 9.17) is 31.8 Å². The van der Waals surface area contributed by atoms with Crippen LogP contribution in [-0.2, 0) is 62.2 Å². The van der Waals surface area contributed by atoms with Crippen molar-refractivity contribution in [3.63, 3.8) is 0 Å². The molecule has 8 nitrogen and oxygen atoms in total. The molecule has 0 rings (SSSR count). The van der Waals surface area contributed by atoms with Crippen LogP contribution >= 0.6 is 0 Å². The van der Waals surface area contributed by atoms with Crippen molar-refractivity contribution in [1.82, 2.24) is 0 Å². The molecule has 0 unspecified atom stereocenters. The molecule has 0 aromatic carbocycles. The quantitative estimate of drug-likeness (QED) is 0.374. The SMILES string of the molecule is [O]=[Cr](=[O])([O-])[O-].[O]=[Cr](=[O])([O-])[O-].[Os+4]. The van der Waals surface area contributed by atoms with Crippen LogP contribution in [0.25, 0.3) is 0 Å². The fraction of sp³-hybridized carbons (Fsp3) is 0. The van der Waals surface area contributed by atoms with E-state index in [-0.39, 0.29) is 19.8 Å². The summed E-state index contributed by atoms with van der Waals surface area (Å²) >= 11 is -11.5. The molecular formula is Cr2O8Os. The van der Waals surface area contributed by atoms with Crippen LogP contribution in [0.15, 0.2) is 0 Å². The molecule has 68 valence electrons. The Morgan fingerprint density at radius 1 is 0.636 bits per heavy atom. The predicted molar refractivity (Wildman–Crippen MR) is 2.75 cm³/mol. The number of hydrogen-bond donors (Lipinski definition) is 0. The summed E-state index contributed by atoms with van der Waals surface area (Å²) in [5, 5.41) is 0. The summed E-state index contributed by atoms with van der Waals surface area (Å²) in [5.74, 6) is 0. The van der Waals surface area contributed by atoms with E-state index in [9.17, 15) is 0 Å². The van der Waals surface area contributed by atoms with Gasteiger partial charge in [-0.3, -0.25) is 0 Å². The molecule has 11 heavy (non-hydrogen) atoms. The third-order valence-corrected chi connectivity index (χ3v) is 0. The van der Waals surface area contributed by atoms with E-state index in [1.807, 2.05) is 0 Å². The van der Waals surface area contributed by atoms with E-state index in [1.165, 1.54) is 0 Å². The van der Waals surface area contributed by atoms with E-state index in [2.05, 4.69) is 0 Å². The summed E-state index contributed by atoms with van der Waals surface area (Å²) in [7, 11) is 0. The number of hydrogen-bond acceptors (Lipinski definition) is 8. The average Bonchev–Trinajstić information content (AvgIpc) is 1.12. The predicted octanol–water partition coefficient (Wildman–Crippen LogP) is -5.24. The van der Waals surface area contributed by atoms with Gasteiger partial charge in [0, 0.05) is 0 Å². The van der Waals surface area contributed by atoms with Crippen LogP contribution in [0.4, 0.5) is 0 Å². The molecule has 0 aliphatic rings. The third kappa shape index (κ3) is 1490. The molecule has 0 saturated heterocycles. The largest absolute Gasteiger partial charge is 4.00 e. The second kappa shape index (κ2) is 6.28. The number of rotatable bonds is 0. The maximum absolute atomic E-state index is 8.59. The maximum atomic E-state index is 8.59. The van der Waals surface area contributed by atoms with Crippen molar-refractivity contribution in [3.8, 4) is 0 Å². The van der Waals surface area contributed by atoms with Crippen LogP contribution in [0.1, 0.15) is 0 Å². The molecule has 0 fully saturated rings. The second-order valence-electron chi connectivity index (χ2n) is 0.816. The Balaban J connectivity index is -0.000000107. The van der Waals surface area contributed by atoms with Gasteiger partial charge in [-0.1, -0.05) is 0 Å². The minimum Gasteiger partial charge on any atom is 4.00 e. The zero-order chi connectivity index (χ0) is 9.00. The fourth-order valence-corrected chi connectivity index (χ4v) is 0. The molecule has 0 aromatic rings. The monoisotopic (exact) mass is 424 g/mol. The van der Waals surface area contributed by atoms with Crippen molar-refractivity contribution in [3.05, 3.63) is 0 Å². The molecule has 0 heterocycles. The van der Waals surface area contributed by atoms with E-state index < -0.39 is 27.2 Å². The van der Waals surface area contributed by atoms with Gasteiger partial charge in [-0.05, 0) is 0 Å². The van der Waals surface area contributed by atoms with Gasteiger partial charge in [0.15, 0.2) is 0 Å². The second-order valence-corrected chi connectivity index (χ2v) is 3.37. The van der Waals surface area contributed by atoms with Gasteiger partial charge >= 0.3 is 78.9 Å². The normalized spacial score (nSPS) is 10.5. The third-order valence-electron chi connectivity index (χ3n) is 0. The summed E-state index contributed by atoms with van der Waals surface area (Å²) in [6.45, 7) is 0. The molecule has 0 atom stereocenters. The van der Waals surface area contributed by atoms with Crippen LogP contribution < -0.4 is 16.6 Å². The Kier molecular flexibility index (Phi) is 10.1. The minimum atomic E-state index is -5.75. The van der Waals surface area contributed by atoms with Gasteiger partial charge in [-0.25, -0.2) is 0 Å². The van der Waals surface area contributed by atoms with Crippen molar-refractivity contribution in [2.24, 2.45) is 0 Å². The first-order valence-electron chi connectivity index (χ1n) is 1.33. The first-order chi connectivity index (χ1) is 4.00. The molecule has 11 heteroatoms. The minimum absolute atomic E-state index is 0. The summed E-state index contributed by atoms with van der Waals surface area (Å²) in [6.07, 6.45) is 0. The van der Waals surface area contributed by atoms with E-state index in [0.717, 1.165) is 0 Å². The van der Waals surface area contributed by atoms with Crippen molar-refractivity contribution >= 4 is 0 Å². The molecule has 0 aromatic heterocycles. The van der Waals surface area contributed by atoms with Gasteiger partial charge in [0.25, 0.3) is 0 Å². The first kappa shape index (κ1) is 17.7. The fourth-order valence-electron chi connectivity index (χ4n) is 0. The van der Waals surface area contributed by atoms with Gasteiger partial charge in [0.2, 0.25) is 0 Å². The molecule has 0 aliphatic heterocycles. The van der Waals surface area contributed by atoms with Crippen molar-refractivity contribution in [1.29, 1.82) is 0 Å². The Morgan fingerprint density at radius 2 is 0.636 bits per heavy atom. The Bertz CT molecular complexity index is 208. The summed E-state index contributed by atoms with van der Waals surface area (Å²) in [5.41, 5.74) is 0. The zero-order valence-electron chi connectivity index (χ0n) is 4.44. The van der Waals surface area contributed by atoms with Crippen LogP contribution in [-0.4, -0.2) is 0 Å². The van der Waals surface area contributed by atoms with Crippen molar-refractivity contribution in [2.75, 3.05) is 0 Å². The molecular weight excluding hydrogens is 422 g/mol. The molecule has 0 aliphatic carbocycles. The first-order valence-corrected chi connectivity index (χ1v) is 5.50. The molecule has 0 spiro atoms. The standard InChI is InChI=1S/2Cr.8O.Os/q;;;;;;4*-1;+4. The molecule has 0 N–H and O–H groups in total. The molecule has 0 saturated carbocycles. The van der Waals surface area contributed by atoms with Crippen molar-refractivity contribution in [2.45, 2.75) is 0 Å². The zero-order valence-corrected chi connectivity index (χ0v) is 9.53. The molecule has 0 radical (unpaired) electrons. The molecule has 0 bridgehead atoms. The van der Waals surface area contributed by atoms with E-state index in [1.54, 1.807) is 0 Å². The van der Waals surface area contributed by atoms with Crippen LogP contribution in [0.3, 0.4) is 0 Å². The average molecular weight is 422 g/mol. The van der Waals surface area contributed by atoms with E-state index in [0.29, 0.717) is 0 Å². The van der Waals surface area contributed by atoms with Gasteiger partial charge in [-0.2, -0.15) is 0 Å². The topological polar surface area (TPSA) is 161 Å². The smallest absolute Gasteiger partial charge is 4.00 e. The Morgan fingerprint density at radius 3 is 0.636 bits per heavy atom. The summed E-state index contributed by atoms with van der Waals surface area (Å²) < 4.78 is 68.8. The van der Waals surface area contributed by atoms with Gasteiger partial charge in [0.1, 0.15) is 0 Å². The van der Waals surface area contributed by atoms with Crippen LogP contribution in [0.5, 0.6) is 0 Å². The Hall–Kier alpha value is 0.741. The molecule has 0 amide bonds. The maximum Gasteiger partial charge on any atom is 4.00 e. The van der Waals surface area contributed by atoms with Crippen molar-refractivity contribution < 1.29 is 78.9 Å². The van der Waals surface area contributed by atoms with Crippen LogP contribution in [0, 0.1) is 0 Å². The van der Waals surface area contributed by atoms with Crippen LogP contribution in [0.2, 0.25) is 0 Å².